The van der Waals surface area contributed by atoms with E-state index in [1.807, 2.05) is 0 Å². The zero-order chi connectivity index (χ0) is 17.2. The molecule has 6 heteroatoms. The van der Waals surface area contributed by atoms with Crippen molar-refractivity contribution in [1.29, 1.82) is 0 Å². The largest absolute Gasteiger partial charge is 0.478 e. The quantitative estimate of drug-likeness (QED) is 0.716. The summed E-state index contributed by atoms with van der Waals surface area (Å²) in [6.07, 6.45) is 4.74. The van der Waals surface area contributed by atoms with Crippen LogP contribution in [0.3, 0.4) is 0 Å². The monoisotopic (exact) mass is 320 g/mol. The zero-order valence-corrected chi connectivity index (χ0v) is 13.3. The highest BCUT2D eigenvalue weighted by Crippen LogP contribution is 2.25. The van der Waals surface area contributed by atoms with Gasteiger partial charge in [0.05, 0.1) is 0 Å². The Bertz CT molecular complexity index is 541. The summed E-state index contributed by atoms with van der Waals surface area (Å²) in [6, 6.07) is 9.40. The van der Waals surface area contributed by atoms with E-state index < -0.39 is 11.9 Å². The van der Waals surface area contributed by atoms with Crippen LogP contribution in [0.1, 0.15) is 25.3 Å². The molecule has 0 saturated carbocycles. The number of carboxylic acid groups (broad SMARTS) is 2. The molecule has 1 aromatic carbocycles. The van der Waals surface area contributed by atoms with Gasteiger partial charge in [0, 0.05) is 37.0 Å². The molecule has 0 aromatic heterocycles. The number of anilines is 1. The Kier molecular flexibility index (Phi) is 7.83. The minimum absolute atomic E-state index is 0.553. The molecule has 1 fully saturated rings. The molecule has 1 heterocycles. The van der Waals surface area contributed by atoms with Crippen LogP contribution in [0.5, 0.6) is 0 Å². The lowest BCUT2D eigenvalue weighted by atomic mass is 10.1. The third-order valence-electron chi connectivity index (χ3n) is 3.67. The molecule has 1 unspecified atom stereocenters. The summed E-state index contributed by atoms with van der Waals surface area (Å²) in [5.74, 6) is -2.51. The Morgan fingerprint density at radius 2 is 1.96 bits per heavy atom. The molecule has 1 saturated heterocycles. The van der Waals surface area contributed by atoms with E-state index in [1.54, 1.807) is 0 Å². The zero-order valence-electron chi connectivity index (χ0n) is 13.3. The molecule has 2 rings (SSSR count). The van der Waals surface area contributed by atoms with E-state index in [4.69, 9.17) is 15.9 Å². The Balaban J connectivity index is 0.000000284. The number of aryl methyl sites for hydroxylation is 1. The Hall–Kier alpha value is -2.34. The molecule has 0 spiro atoms. The molecule has 23 heavy (non-hydrogen) atoms. The van der Waals surface area contributed by atoms with Gasteiger partial charge in [-0.2, -0.15) is 0 Å². The van der Waals surface area contributed by atoms with Gasteiger partial charge in [-0.3, -0.25) is 0 Å². The van der Waals surface area contributed by atoms with Crippen LogP contribution in [0, 0.1) is 0 Å². The van der Waals surface area contributed by atoms with Crippen LogP contribution in [-0.4, -0.2) is 41.3 Å². The maximum atomic E-state index is 9.55. The third-order valence-corrected chi connectivity index (χ3v) is 3.67. The van der Waals surface area contributed by atoms with Crippen LogP contribution < -0.4 is 10.6 Å². The summed E-state index contributed by atoms with van der Waals surface area (Å²) >= 11 is 0. The first-order valence-electron chi connectivity index (χ1n) is 7.67. The fourth-order valence-electron chi connectivity index (χ4n) is 2.52. The first-order valence-corrected chi connectivity index (χ1v) is 7.67. The van der Waals surface area contributed by atoms with Crippen molar-refractivity contribution in [3.05, 3.63) is 42.0 Å². The van der Waals surface area contributed by atoms with Crippen LogP contribution in [0.4, 0.5) is 5.69 Å². The number of rotatable bonds is 5. The SMILES string of the molecule is CCc1cccc(N2CCCC2CN)c1.O=C(O)/C=C/C(=O)O. The van der Waals surface area contributed by atoms with Gasteiger partial charge in [-0.1, -0.05) is 19.1 Å². The van der Waals surface area contributed by atoms with Gasteiger partial charge < -0.3 is 20.8 Å². The van der Waals surface area contributed by atoms with E-state index in [1.165, 1.54) is 24.1 Å². The van der Waals surface area contributed by atoms with Crippen molar-refractivity contribution >= 4 is 17.6 Å². The van der Waals surface area contributed by atoms with E-state index in [9.17, 15) is 9.59 Å². The van der Waals surface area contributed by atoms with Crippen LogP contribution in [-0.2, 0) is 16.0 Å². The second-order valence-corrected chi connectivity index (χ2v) is 5.26. The Morgan fingerprint density at radius 1 is 1.30 bits per heavy atom. The van der Waals surface area contributed by atoms with Gasteiger partial charge in [-0.25, -0.2) is 9.59 Å². The molecule has 1 aromatic rings. The fraction of sp³-hybridized carbons (Fsp3) is 0.412. The molecule has 126 valence electrons. The van der Waals surface area contributed by atoms with E-state index in [0.29, 0.717) is 18.2 Å². The smallest absolute Gasteiger partial charge is 0.328 e. The summed E-state index contributed by atoms with van der Waals surface area (Å²) in [6.45, 7) is 4.13. The highest BCUT2D eigenvalue weighted by molar-refractivity contribution is 5.89. The summed E-state index contributed by atoms with van der Waals surface area (Å²) < 4.78 is 0. The van der Waals surface area contributed by atoms with Crippen molar-refractivity contribution in [2.45, 2.75) is 32.2 Å². The lowest BCUT2D eigenvalue weighted by molar-refractivity contribution is -0.134. The van der Waals surface area contributed by atoms with E-state index >= 15 is 0 Å². The van der Waals surface area contributed by atoms with Gasteiger partial charge in [-0.15, -0.1) is 0 Å². The average molecular weight is 320 g/mol. The number of hydrogen-bond donors (Lipinski definition) is 3. The summed E-state index contributed by atoms with van der Waals surface area (Å²) in [4.78, 5) is 21.6. The van der Waals surface area contributed by atoms with E-state index in [-0.39, 0.29) is 0 Å². The van der Waals surface area contributed by atoms with Crippen LogP contribution in [0.15, 0.2) is 36.4 Å². The number of benzene rings is 1. The first-order chi connectivity index (χ1) is 11.0. The third kappa shape index (κ3) is 6.52. The van der Waals surface area contributed by atoms with Crippen LogP contribution in [0.25, 0.3) is 0 Å². The van der Waals surface area contributed by atoms with Crippen molar-refractivity contribution in [3.63, 3.8) is 0 Å². The topological polar surface area (TPSA) is 104 Å². The van der Waals surface area contributed by atoms with Gasteiger partial charge in [-0.05, 0) is 37.0 Å². The Labute approximate surface area is 136 Å². The van der Waals surface area contributed by atoms with E-state index in [2.05, 4.69) is 36.1 Å². The molecule has 0 bridgehead atoms. The molecule has 0 amide bonds. The highest BCUT2D eigenvalue weighted by atomic mass is 16.4. The minimum Gasteiger partial charge on any atom is -0.478 e. The maximum absolute atomic E-state index is 9.55. The lowest BCUT2D eigenvalue weighted by Crippen LogP contribution is -2.35. The van der Waals surface area contributed by atoms with Crippen molar-refractivity contribution in [1.82, 2.24) is 0 Å². The number of nitrogens with two attached hydrogens (primary N) is 1. The fourth-order valence-corrected chi connectivity index (χ4v) is 2.52. The van der Waals surface area contributed by atoms with Gasteiger partial charge in [0.15, 0.2) is 0 Å². The molecule has 4 N–H and O–H groups in total. The lowest BCUT2D eigenvalue weighted by Gasteiger charge is -2.26. The van der Waals surface area contributed by atoms with Crippen molar-refractivity contribution in [3.8, 4) is 0 Å². The average Bonchev–Trinajstić information content (AvgIpc) is 3.02. The number of aliphatic carboxylic acids is 2. The summed E-state index contributed by atoms with van der Waals surface area (Å²) in [7, 11) is 0. The molecular formula is C17H24N2O4. The van der Waals surface area contributed by atoms with E-state index in [0.717, 1.165) is 19.5 Å². The molecule has 0 radical (unpaired) electrons. The second kappa shape index (κ2) is 9.63. The molecule has 1 aliphatic rings. The summed E-state index contributed by atoms with van der Waals surface area (Å²) in [5.41, 5.74) is 8.55. The molecule has 0 aliphatic carbocycles. The number of carbonyl (C=O) groups is 2. The standard InChI is InChI=1S/C13H20N2.C4H4O4/c1-2-11-5-3-6-12(9-11)15-8-4-7-13(15)10-14;5-3(6)1-2-4(7)8/h3,5-6,9,13H,2,4,7-8,10,14H2,1H3;1-2H,(H,5,6)(H,7,8)/b;2-1+. The maximum Gasteiger partial charge on any atom is 0.328 e. The van der Waals surface area contributed by atoms with Crippen molar-refractivity contribution < 1.29 is 19.8 Å². The predicted octanol–water partition coefficient (Wildman–Crippen LogP) is 1.89. The number of nitrogens with zero attached hydrogens (tertiary/aromatic N) is 1. The van der Waals surface area contributed by atoms with Gasteiger partial charge in [0.1, 0.15) is 0 Å². The van der Waals surface area contributed by atoms with Crippen LogP contribution in [0.2, 0.25) is 0 Å². The minimum atomic E-state index is -1.26. The predicted molar refractivity (Wildman–Crippen MR) is 89.7 cm³/mol. The Morgan fingerprint density at radius 3 is 2.48 bits per heavy atom. The number of hydrogen-bond acceptors (Lipinski definition) is 4. The normalized spacial score (nSPS) is 17.0. The highest BCUT2D eigenvalue weighted by Gasteiger charge is 2.23. The second-order valence-electron chi connectivity index (χ2n) is 5.26. The number of carboxylic acids is 2. The molecule has 1 aliphatic heterocycles. The van der Waals surface area contributed by atoms with Gasteiger partial charge >= 0.3 is 11.9 Å². The first kappa shape index (κ1) is 18.7. The van der Waals surface area contributed by atoms with Gasteiger partial charge in [0.2, 0.25) is 0 Å². The van der Waals surface area contributed by atoms with Gasteiger partial charge in [0.25, 0.3) is 0 Å². The van der Waals surface area contributed by atoms with Crippen molar-refractivity contribution in [2.75, 3.05) is 18.0 Å². The molecule has 6 nitrogen and oxygen atoms in total. The molecule has 1 atom stereocenters. The van der Waals surface area contributed by atoms with Crippen molar-refractivity contribution in [2.24, 2.45) is 5.73 Å². The summed E-state index contributed by atoms with van der Waals surface area (Å²) in [5, 5.41) is 15.6. The van der Waals surface area contributed by atoms with Crippen LogP contribution >= 0.6 is 0 Å². The molecular weight excluding hydrogens is 296 g/mol.